The number of hydrogen-bond donors (Lipinski definition) is 0. The SMILES string of the molecule is O=C1C2CC(CN2S(=O)(=O)c2ccccc2)Oc2ccccc2N1Cc1cccnc1. The minimum absolute atomic E-state index is 0.128. The van der Waals surface area contributed by atoms with Crippen LogP contribution in [0.5, 0.6) is 5.75 Å². The van der Waals surface area contributed by atoms with Crippen molar-refractivity contribution in [3.63, 3.8) is 0 Å². The number of anilines is 1. The molecule has 0 aliphatic carbocycles. The third-order valence-corrected chi connectivity index (χ3v) is 7.52. The number of rotatable bonds is 4. The van der Waals surface area contributed by atoms with E-state index in [0.717, 1.165) is 5.56 Å². The Kier molecular flexibility index (Phi) is 4.95. The molecule has 3 heterocycles. The summed E-state index contributed by atoms with van der Waals surface area (Å²) < 4.78 is 34.2. The lowest BCUT2D eigenvalue weighted by Gasteiger charge is -2.31. The second kappa shape index (κ2) is 7.79. The molecule has 7 nitrogen and oxygen atoms in total. The molecular formula is C23H21N3O4S. The summed E-state index contributed by atoms with van der Waals surface area (Å²) in [5, 5.41) is 0. The summed E-state index contributed by atoms with van der Waals surface area (Å²) in [5.74, 6) is 0.309. The fraction of sp³-hybridized carbons (Fsp3) is 0.217. The van der Waals surface area contributed by atoms with Crippen molar-refractivity contribution in [2.24, 2.45) is 0 Å². The lowest BCUT2D eigenvalue weighted by molar-refractivity contribution is -0.122. The van der Waals surface area contributed by atoms with Gasteiger partial charge in [-0.1, -0.05) is 36.4 Å². The van der Waals surface area contributed by atoms with Crippen LogP contribution in [0.1, 0.15) is 12.0 Å². The summed E-state index contributed by atoms with van der Waals surface area (Å²) in [4.78, 5) is 19.7. The number of para-hydroxylation sites is 2. The first kappa shape index (κ1) is 19.7. The van der Waals surface area contributed by atoms with Gasteiger partial charge >= 0.3 is 0 Å². The molecule has 0 radical (unpaired) electrons. The summed E-state index contributed by atoms with van der Waals surface area (Å²) in [7, 11) is -3.85. The predicted octanol–water partition coefficient (Wildman–Crippen LogP) is 2.84. The van der Waals surface area contributed by atoms with Crippen LogP contribution in [0.3, 0.4) is 0 Å². The highest BCUT2D eigenvalue weighted by Crippen LogP contribution is 2.38. The second-order valence-electron chi connectivity index (χ2n) is 7.63. The van der Waals surface area contributed by atoms with Gasteiger partial charge in [0.15, 0.2) is 0 Å². The third kappa shape index (κ3) is 3.58. The van der Waals surface area contributed by atoms with E-state index >= 15 is 0 Å². The highest BCUT2D eigenvalue weighted by atomic mass is 32.2. The van der Waals surface area contributed by atoms with Gasteiger partial charge in [0.25, 0.3) is 0 Å². The number of sulfonamides is 1. The van der Waals surface area contributed by atoms with Crippen molar-refractivity contribution in [2.75, 3.05) is 11.4 Å². The van der Waals surface area contributed by atoms with Crippen molar-refractivity contribution in [3.05, 3.63) is 84.7 Å². The molecule has 2 bridgehead atoms. The maximum absolute atomic E-state index is 13.8. The summed E-state index contributed by atoms with van der Waals surface area (Å²) in [5.41, 5.74) is 1.48. The molecule has 1 aromatic heterocycles. The van der Waals surface area contributed by atoms with Crippen LogP contribution in [-0.4, -0.2) is 42.3 Å². The average molecular weight is 436 g/mol. The molecule has 5 rings (SSSR count). The molecule has 2 aliphatic rings. The van der Waals surface area contributed by atoms with Gasteiger partial charge < -0.3 is 9.64 Å². The molecule has 0 spiro atoms. The molecule has 2 aliphatic heterocycles. The Morgan fingerprint density at radius 1 is 1.00 bits per heavy atom. The highest BCUT2D eigenvalue weighted by molar-refractivity contribution is 7.89. The summed E-state index contributed by atoms with van der Waals surface area (Å²) in [6.07, 6.45) is 3.29. The Morgan fingerprint density at radius 2 is 1.77 bits per heavy atom. The van der Waals surface area contributed by atoms with Gasteiger partial charge in [0.1, 0.15) is 17.9 Å². The van der Waals surface area contributed by atoms with Gasteiger partial charge in [-0.05, 0) is 35.9 Å². The van der Waals surface area contributed by atoms with Gasteiger partial charge in [-0.25, -0.2) is 8.42 Å². The zero-order chi connectivity index (χ0) is 21.4. The van der Waals surface area contributed by atoms with Crippen LogP contribution in [0.4, 0.5) is 5.69 Å². The smallest absolute Gasteiger partial charge is 0.246 e. The first-order valence-electron chi connectivity index (χ1n) is 10.1. The molecular weight excluding hydrogens is 414 g/mol. The van der Waals surface area contributed by atoms with Crippen molar-refractivity contribution in [2.45, 2.75) is 30.0 Å². The molecule has 2 atom stereocenters. The minimum Gasteiger partial charge on any atom is -0.487 e. The van der Waals surface area contributed by atoms with E-state index in [1.165, 1.54) is 4.31 Å². The molecule has 2 unspecified atom stereocenters. The minimum atomic E-state index is -3.85. The third-order valence-electron chi connectivity index (χ3n) is 5.63. The van der Waals surface area contributed by atoms with E-state index in [0.29, 0.717) is 17.9 Å². The lowest BCUT2D eigenvalue weighted by Crippen LogP contribution is -2.47. The van der Waals surface area contributed by atoms with Crippen molar-refractivity contribution < 1.29 is 17.9 Å². The highest BCUT2D eigenvalue weighted by Gasteiger charge is 2.48. The van der Waals surface area contributed by atoms with Crippen LogP contribution in [0.15, 0.2) is 84.0 Å². The first-order valence-corrected chi connectivity index (χ1v) is 11.5. The van der Waals surface area contributed by atoms with E-state index in [2.05, 4.69) is 4.98 Å². The molecule has 0 N–H and O–H groups in total. The van der Waals surface area contributed by atoms with Crippen molar-refractivity contribution in [1.29, 1.82) is 0 Å². The largest absolute Gasteiger partial charge is 0.487 e. The molecule has 8 heteroatoms. The molecule has 1 amide bonds. The molecule has 3 aromatic rings. The lowest BCUT2D eigenvalue weighted by atomic mass is 10.1. The van der Waals surface area contributed by atoms with Crippen LogP contribution in [0.2, 0.25) is 0 Å². The van der Waals surface area contributed by atoms with Crippen LogP contribution < -0.4 is 9.64 Å². The fourth-order valence-corrected chi connectivity index (χ4v) is 5.81. The quantitative estimate of drug-likeness (QED) is 0.630. The number of ether oxygens (including phenoxy) is 1. The van der Waals surface area contributed by atoms with Crippen LogP contribution in [0, 0.1) is 0 Å². The van der Waals surface area contributed by atoms with Crippen molar-refractivity contribution >= 4 is 21.6 Å². The van der Waals surface area contributed by atoms with Gasteiger partial charge in [0.2, 0.25) is 15.9 Å². The number of benzene rings is 2. The Labute approximate surface area is 180 Å². The van der Waals surface area contributed by atoms with Crippen LogP contribution in [-0.2, 0) is 21.4 Å². The normalized spacial score (nSPS) is 21.2. The van der Waals surface area contributed by atoms with Crippen molar-refractivity contribution in [3.8, 4) is 5.75 Å². The molecule has 31 heavy (non-hydrogen) atoms. The maximum atomic E-state index is 13.8. The van der Waals surface area contributed by atoms with Gasteiger partial charge in [0, 0.05) is 18.8 Å². The summed E-state index contributed by atoms with van der Waals surface area (Å²) >= 11 is 0. The number of fused-ring (bicyclic) bond motifs is 3. The molecule has 158 valence electrons. The maximum Gasteiger partial charge on any atom is 0.246 e. The Hall–Kier alpha value is -3.23. The van der Waals surface area contributed by atoms with E-state index in [1.807, 2.05) is 36.4 Å². The Bertz CT molecular complexity index is 1200. The number of amides is 1. The van der Waals surface area contributed by atoms with Crippen LogP contribution >= 0.6 is 0 Å². The van der Waals surface area contributed by atoms with Crippen molar-refractivity contribution in [1.82, 2.24) is 9.29 Å². The number of pyridine rings is 1. The zero-order valence-electron chi connectivity index (χ0n) is 16.7. The Balaban J connectivity index is 1.57. The van der Waals surface area contributed by atoms with Gasteiger partial charge in [0.05, 0.1) is 23.7 Å². The van der Waals surface area contributed by atoms with Gasteiger partial charge in [-0.15, -0.1) is 0 Å². The monoisotopic (exact) mass is 435 g/mol. The van der Waals surface area contributed by atoms with Gasteiger partial charge in [-0.3, -0.25) is 9.78 Å². The number of aromatic nitrogens is 1. The van der Waals surface area contributed by atoms with E-state index in [-0.39, 0.29) is 23.9 Å². The number of carbonyl (C=O) groups is 1. The number of carbonyl (C=O) groups excluding carboxylic acids is 1. The first-order chi connectivity index (χ1) is 15.0. The number of hydrogen-bond acceptors (Lipinski definition) is 5. The second-order valence-corrected chi connectivity index (χ2v) is 9.52. The standard InChI is InChI=1S/C23H21N3O4S/c27-23-21-13-18(16-26(21)31(28,29)19-8-2-1-3-9-19)30-22-11-5-4-10-20(22)25(23)15-17-7-6-12-24-14-17/h1-12,14,18,21H,13,15-16H2. The zero-order valence-corrected chi connectivity index (χ0v) is 17.5. The summed E-state index contributed by atoms with van der Waals surface area (Å²) in [6.45, 7) is 0.399. The Morgan fingerprint density at radius 3 is 2.55 bits per heavy atom. The molecule has 1 fully saturated rings. The fourth-order valence-electron chi connectivity index (χ4n) is 4.17. The molecule has 2 aromatic carbocycles. The number of nitrogens with zero attached hydrogens (tertiary/aromatic N) is 3. The molecule has 1 saturated heterocycles. The average Bonchev–Trinajstić information content (AvgIpc) is 3.24. The van der Waals surface area contributed by atoms with E-state index in [4.69, 9.17) is 4.74 Å². The van der Waals surface area contributed by atoms with Crippen LogP contribution in [0.25, 0.3) is 0 Å². The van der Waals surface area contributed by atoms with E-state index in [9.17, 15) is 13.2 Å². The summed E-state index contributed by atoms with van der Waals surface area (Å²) in [6, 6.07) is 18.4. The van der Waals surface area contributed by atoms with Gasteiger partial charge in [-0.2, -0.15) is 4.31 Å². The van der Waals surface area contributed by atoms with E-state index < -0.39 is 22.2 Å². The predicted molar refractivity (Wildman–Crippen MR) is 115 cm³/mol. The topological polar surface area (TPSA) is 79.8 Å². The molecule has 0 saturated carbocycles. The van der Waals surface area contributed by atoms with E-state index in [1.54, 1.807) is 47.6 Å².